The maximum atomic E-state index is 11.0. The molecule has 18 heteroatoms. The number of esters is 4. The number of hydrogen-bond donors (Lipinski definition) is 2. The fraction of sp³-hybridized carbons (Fsp3) is 0.872. The van der Waals surface area contributed by atoms with Crippen molar-refractivity contribution < 1.29 is 47.7 Å². The molecule has 0 aliphatic heterocycles. The number of ether oxygens (including phenoxy) is 4. The van der Waals surface area contributed by atoms with Crippen LogP contribution in [0.1, 0.15) is 100 Å². The zero-order valence-electron chi connectivity index (χ0n) is 45.4. The number of likely N-dealkylation sites (N-methyl/N-ethyl adjacent to an activating group) is 3. The lowest BCUT2D eigenvalue weighted by Crippen LogP contribution is -2.30. The summed E-state index contributed by atoms with van der Waals surface area (Å²) in [5.74, 6) is -0.210. The van der Waals surface area contributed by atoms with Gasteiger partial charge in [-0.15, -0.1) is 0 Å². The van der Waals surface area contributed by atoms with E-state index in [1.54, 1.807) is 13.8 Å². The zero-order valence-corrected chi connectivity index (χ0v) is 45.4. The van der Waals surface area contributed by atoms with Crippen LogP contribution in [0.2, 0.25) is 0 Å². The lowest BCUT2D eigenvalue weighted by molar-refractivity contribution is -0.148. The van der Waals surface area contributed by atoms with Gasteiger partial charge in [0, 0.05) is 71.5 Å². The fourth-order valence-electron chi connectivity index (χ4n) is 3.62. The molecule has 0 heterocycles. The largest absolute Gasteiger partial charge is 0.466 e. The molecule has 2 amide bonds. The number of hydrogen-bond acceptors (Lipinski definition) is 16. The monoisotopic (exact) mass is 939 g/mol. The number of amides is 2. The van der Waals surface area contributed by atoms with Gasteiger partial charge in [-0.3, -0.25) is 28.8 Å². The smallest absolute Gasteiger partial charge is 0.308 e. The number of nitrogens with zero attached hydrogens (tertiary/aromatic N) is 6. The molecule has 390 valence electrons. The Balaban J connectivity index is -0.000000161. The summed E-state index contributed by atoms with van der Waals surface area (Å²) in [6.45, 7) is 23.7. The molecule has 0 bridgehead atoms. The van der Waals surface area contributed by atoms with Crippen molar-refractivity contribution in [3.05, 3.63) is 0 Å². The van der Waals surface area contributed by atoms with E-state index in [2.05, 4.69) is 25.3 Å². The van der Waals surface area contributed by atoms with E-state index in [1.165, 1.54) is 0 Å². The van der Waals surface area contributed by atoms with Gasteiger partial charge in [-0.2, -0.15) is 0 Å². The maximum absolute atomic E-state index is 11.0. The Morgan fingerprint density at radius 1 is 0.369 bits per heavy atom. The summed E-state index contributed by atoms with van der Waals surface area (Å²) < 4.78 is 19.6. The van der Waals surface area contributed by atoms with Crippen molar-refractivity contribution in [3.8, 4) is 0 Å². The van der Waals surface area contributed by atoms with E-state index in [9.17, 15) is 28.8 Å². The molecule has 0 spiro atoms. The Hall–Kier alpha value is -3.42. The molecular weight excluding hydrogens is 837 g/mol. The van der Waals surface area contributed by atoms with Gasteiger partial charge >= 0.3 is 23.9 Å². The zero-order chi connectivity index (χ0) is 51.8. The minimum absolute atomic E-state index is 0.00986. The van der Waals surface area contributed by atoms with Crippen molar-refractivity contribution >= 4 is 35.7 Å². The molecule has 0 radical (unpaired) electrons. The van der Waals surface area contributed by atoms with Crippen molar-refractivity contribution in [3.63, 3.8) is 0 Å². The van der Waals surface area contributed by atoms with Crippen LogP contribution in [0.15, 0.2) is 0 Å². The Bertz CT molecular complexity index is 1070. The van der Waals surface area contributed by atoms with Gasteiger partial charge in [-0.1, -0.05) is 55.4 Å². The molecular formula is C47H102N8O10. The van der Waals surface area contributed by atoms with Crippen molar-refractivity contribution in [1.82, 2.24) is 40.0 Å². The molecule has 0 aliphatic rings. The highest BCUT2D eigenvalue weighted by Crippen LogP contribution is 1.97. The van der Waals surface area contributed by atoms with Crippen LogP contribution in [0, 0.1) is 11.8 Å². The first kappa shape index (κ1) is 73.2. The average Bonchev–Trinajstić information content (AvgIpc) is 3.22. The van der Waals surface area contributed by atoms with Crippen LogP contribution in [-0.4, -0.2) is 228 Å². The molecule has 0 unspecified atom stereocenters. The van der Waals surface area contributed by atoms with Gasteiger partial charge in [0.05, 0.1) is 25.0 Å². The molecule has 0 saturated carbocycles. The lowest BCUT2D eigenvalue weighted by Gasteiger charge is -2.10. The summed E-state index contributed by atoms with van der Waals surface area (Å²) in [7, 11) is 23.8. The summed E-state index contributed by atoms with van der Waals surface area (Å²) in [5.41, 5.74) is 0. The quantitative estimate of drug-likeness (QED) is 0.0689. The first-order valence-corrected chi connectivity index (χ1v) is 23.3. The standard InChI is InChI=1S/C9H19NO2.C8H18N2O.2C8H17NO2.C7H16N2O.C7H15NO2/c1-8(2)9(11)12-7-5-6-10(3)4;1-4-8(11)9-6-5-7-10(2)3;1-7(2)8(10)11-6-5-9(3)4;1-4-8(10)11-7-5-6-9(2)3;1-4-7(10)8-5-6-9(2)3;1-4-7(9)10-6-5-8(2)3/h8H,5-7H2,1-4H3;4-7H2,1-3H3,(H,9,11);7H,5-6H2,1-4H3;4-7H2,1-3H3;4-6H2,1-3H3,(H,8,10);4-6H2,1-3H3. The molecule has 0 aromatic heterocycles. The van der Waals surface area contributed by atoms with Crippen LogP contribution in [0.25, 0.3) is 0 Å². The fourth-order valence-corrected chi connectivity index (χ4v) is 3.62. The summed E-state index contributed by atoms with van der Waals surface area (Å²) in [6, 6.07) is 0. The second kappa shape index (κ2) is 53.2. The van der Waals surface area contributed by atoms with Gasteiger partial charge in [0.1, 0.15) is 13.2 Å². The van der Waals surface area contributed by atoms with Gasteiger partial charge in [0.2, 0.25) is 11.8 Å². The molecule has 0 atom stereocenters. The first-order valence-electron chi connectivity index (χ1n) is 23.3. The Morgan fingerprint density at radius 3 is 0.985 bits per heavy atom. The van der Waals surface area contributed by atoms with Crippen LogP contribution in [0.5, 0.6) is 0 Å². The second-order valence-corrected chi connectivity index (χ2v) is 17.1. The van der Waals surface area contributed by atoms with Crippen molar-refractivity contribution in [1.29, 1.82) is 0 Å². The highest BCUT2D eigenvalue weighted by Gasteiger charge is 2.08. The SMILES string of the molecule is CC(C)C(=O)OCCCN(C)C.CC(C)C(=O)OCCN(C)C.CCC(=O)NCCCN(C)C.CCC(=O)NCCN(C)C.CCC(=O)OCCCN(C)C.CCC(=O)OCCN(C)C. The molecule has 65 heavy (non-hydrogen) atoms. The molecule has 0 rings (SSSR count). The van der Waals surface area contributed by atoms with E-state index in [0.29, 0.717) is 52.1 Å². The van der Waals surface area contributed by atoms with Crippen molar-refractivity contribution in [2.75, 3.05) is 163 Å². The van der Waals surface area contributed by atoms with Crippen LogP contribution < -0.4 is 10.6 Å². The molecule has 0 fully saturated rings. The summed E-state index contributed by atoms with van der Waals surface area (Å²) >= 11 is 0. The topological polar surface area (TPSA) is 183 Å². The van der Waals surface area contributed by atoms with Gasteiger partial charge in [-0.25, -0.2) is 0 Å². The molecule has 18 nitrogen and oxygen atoms in total. The van der Waals surface area contributed by atoms with Gasteiger partial charge in [-0.05, 0) is 110 Å². The van der Waals surface area contributed by atoms with E-state index >= 15 is 0 Å². The predicted molar refractivity (Wildman–Crippen MR) is 266 cm³/mol. The minimum Gasteiger partial charge on any atom is -0.466 e. The number of nitrogens with one attached hydrogen (secondary N) is 2. The summed E-state index contributed by atoms with van der Waals surface area (Å²) in [6.07, 6.45) is 4.95. The molecule has 2 N–H and O–H groups in total. The number of carbonyl (C=O) groups is 6. The van der Waals surface area contributed by atoms with Gasteiger partial charge < -0.3 is 59.0 Å². The lowest BCUT2D eigenvalue weighted by atomic mass is 10.2. The van der Waals surface area contributed by atoms with E-state index in [4.69, 9.17) is 18.9 Å². The third-order valence-electron chi connectivity index (χ3n) is 7.74. The summed E-state index contributed by atoms with van der Waals surface area (Å²) in [4.78, 5) is 76.6. The van der Waals surface area contributed by atoms with Crippen LogP contribution >= 0.6 is 0 Å². The third-order valence-corrected chi connectivity index (χ3v) is 7.74. The Morgan fingerprint density at radius 2 is 0.662 bits per heavy atom. The molecule has 0 aliphatic carbocycles. The molecule has 0 aromatic carbocycles. The number of carbonyl (C=O) groups excluding carboxylic acids is 6. The average molecular weight is 939 g/mol. The highest BCUT2D eigenvalue weighted by atomic mass is 16.5. The first-order chi connectivity index (χ1) is 30.2. The molecule has 0 aromatic rings. The summed E-state index contributed by atoms with van der Waals surface area (Å²) in [5, 5.41) is 5.61. The van der Waals surface area contributed by atoms with E-state index in [-0.39, 0.29) is 47.5 Å². The van der Waals surface area contributed by atoms with Crippen molar-refractivity contribution in [2.45, 2.75) is 100 Å². The van der Waals surface area contributed by atoms with E-state index in [1.807, 2.05) is 141 Å². The highest BCUT2D eigenvalue weighted by molar-refractivity contribution is 5.75. The Labute approximate surface area is 398 Å². The van der Waals surface area contributed by atoms with E-state index in [0.717, 1.165) is 71.6 Å². The normalized spacial score (nSPS) is 10.3. The molecule has 0 saturated heterocycles. The van der Waals surface area contributed by atoms with Crippen LogP contribution in [0.3, 0.4) is 0 Å². The minimum atomic E-state index is -0.123. The third kappa shape index (κ3) is 78.1. The maximum Gasteiger partial charge on any atom is 0.308 e. The second-order valence-electron chi connectivity index (χ2n) is 17.1. The van der Waals surface area contributed by atoms with Gasteiger partial charge in [0.15, 0.2) is 0 Å². The van der Waals surface area contributed by atoms with Crippen LogP contribution in [0.4, 0.5) is 0 Å². The predicted octanol–water partition coefficient (Wildman–Crippen LogP) is 3.82. The van der Waals surface area contributed by atoms with Gasteiger partial charge in [0.25, 0.3) is 0 Å². The van der Waals surface area contributed by atoms with Crippen LogP contribution in [-0.2, 0) is 47.7 Å². The van der Waals surface area contributed by atoms with E-state index < -0.39 is 0 Å². The van der Waals surface area contributed by atoms with Crippen molar-refractivity contribution in [2.24, 2.45) is 11.8 Å². The Kier molecular flexibility index (Phi) is 59.9. The number of rotatable bonds is 27.